The average molecular weight is 291 g/mol. The Morgan fingerprint density at radius 2 is 2.05 bits per heavy atom. The van der Waals surface area contributed by atoms with Gasteiger partial charge >= 0.3 is 0 Å². The number of nitrogens with one attached hydrogen (secondary N) is 1. The molecule has 1 N–H and O–H groups in total. The van der Waals surface area contributed by atoms with Crippen molar-refractivity contribution >= 4 is 5.69 Å². The molecule has 0 radical (unpaired) electrons. The van der Waals surface area contributed by atoms with E-state index in [2.05, 4.69) is 36.5 Å². The molecule has 2 unspecified atom stereocenters. The molecule has 0 amide bonds. The van der Waals surface area contributed by atoms with E-state index in [-0.39, 0.29) is 0 Å². The molecule has 0 heterocycles. The Hall–Kier alpha value is -1.06. The van der Waals surface area contributed by atoms with Crippen LogP contribution in [0.25, 0.3) is 0 Å². The van der Waals surface area contributed by atoms with Gasteiger partial charge in [-0.15, -0.1) is 0 Å². The molecule has 1 fully saturated rings. The molecule has 0 aliphatic heterocycles. The fraction of sp³-hybridized carbons (Fsp3) is 0.667. The number of ether oxygens (including phenoxy) is 2. The summed E-state index contributed by atoms with van der Waals surface area (Å²) in [6, 6.07) is 9.22. The quantitative estimate of drug-likeness (QED) is 0.602. The SMILES string of the molecule is COCCOCc1cccc(NC2CCCC(C)CC2)c1. The van der Waals surface area contributed by atoms with E-state index in [0.29, 0.717) is 25.9 Å². The molecule has 0 spiro atoms. The van der Waals surface area contributed by atoms with Crippen LogP contribution in [-0.4, -0.2) is 26.4 Å². The smallest absolute Gasteiger partial charge is 0.0718 e. The van der Waals surface area contributed by atoms with Gasteiger partial charge in [-0.05, 0) is 42.9 Å². The van der Waals surface area contributed by atoms with Gasteiger partial charge in [0.2, 0.25) is 0 Å². The number of methoxy groups -OCH3 is 1. The Kier molecular flexibility index (Phi) is 7.04. The number of hydrogen-bond acceptors (Lipinski definition) is 3. The Balaban J connectivity index is 1.82. The zero-order chi connectivity index (χ0) is 14.9. The van der Waals surface area contributed by atoms with Gasteiger partial charge in [-0.25, -0.2) is 0 Å². The maximum absolute atomic E-state index is 5.59. The standard InChI is InChI=1S/C18H29NO2/c1-15-5-3-7-17(10-9-15)19-18-8-4-6-16(13-18)14-21-12-11-20-2/h4,6,8,13,15,17,19H,3,5,7,9-12,14H2,1-2H3. The molecule has 0 aromatic heterocycles. The molecule has 1 aromatic carbocycles. The van der Waals surface area contributed by atoms with Gasteiger partial charge < -0.3 is 14.8 Å². The van der Waals surface area contributed by atoms with Crippen molar-refractivity contribution in [1.29, 1.82) is 0 Å². The van der Waals surface area contributed by atoms with E-state index in [0.717, 1.165) is 5.92 Å². The van der Waals surface area contributed by atoms with Crippen molar-refractivity contribution in [1.82, 2.24) is 0 Å². The van der Waals surface area contributed by atoms with Crippen molar-refractivity contribution in [2.24, 2.45) is 5.92 Å². The molecule has 21 heavy (non-hydrogen) atoms. The average Bonchev–Trinajstić information content (AvgIpc) is 2.69. The Labute approximate surface area is 129 Å². The minimum absolute atomic E-state index is 0.625. The molecule has 0 bridgehead atoms. The molecular formula is C18H29NO2. The zero-order valence-electron chi connectivity index (χ0n) is 13.4. The van der Waals surface area contributed by atoms with Gasteiger partial charge in [-0.2, -0.15) is 0 Å². The largest absolute Gasteiger partial charge is 0.382 e. The molecule has 1 saturated carbocycles. The van der Waals surface area contributed by atoms with Crippen LogP contribution in [0.4, 0.5) is 5.69 Å². The van der Waals surface area contributed by atoms with Crippen LogP contribution in [0.2, 0.25) is 0 Å². The molecule has 1 aliphatic rings. The summed E-state index contributed by atoms with van der Waals surface area (Å²) >= 11 is 0. The summed E-state index contributed by atoms with van der Waals surface area (Å²) in [6.07, 6.45) is 6.65. The summed E-state index contributed by atoms with van der Waals surface area (Å²) in [5.74, 6) is 0.886. The van der Waals surface area contributed by atoms with E-state index in [1.807, 2.05) is 0 Å². The first kappa shape index (κ1) is 16.3. The minimum atomic E-state index is 0.625. The van der Waals surface area contributed by atoms with Gasteiger partial charge in [0.15, 0.2) is 0 Å². The Morgan fingerprint density at radius 1 is 1.14 bits per heavy atom. The molecule has 3 heteroatoms. The summed E-state index contributed by atoms with van der Waals surface area (Å²) in [5, 5.41) is 3.70. The molecule has 0 saturated heterocycles. The molecule has 1 aliphatic carbocycles. The first-order valence-corrected chi connectivity index (χ1v) is 8.20. The van der Waals surface area contributed by atoms with Crippen LogP contribution in [0.5, 0.6) is 0 Å². The lowest BCUT2D eigenvalue weighted by atomic mass is 10.0. The minimum Gasteiger partial charge on any atom is -0.382 e. The second-order valence-electron chi connectivity index (χ2n) is 6.20. The van der Waals surface area contributed by atoms with Crippen molar-refractivity contribution in [2.45, 2.75) is 51.7 Å². The second kappa shape index (κ2) is 9.06. The van der Waals surface area contributed by atoms with Crippen LogP contribution < -0.4 is 5.32 Å². The fourth-order valence-corrected chi connectivity index (χ4v) is 2.95. The van der Waals surface area contributed by atoms with Gasteiger partial charge in [0.1, 0.15) is 0 Å². The number of benzene rings is 1. The Bertz CT molecular complexity index is 408. The van der Waals surface area contributed by atoms with Gasteiger partial charge in [0.25, 0.3) is 0 Å². The predicted octanol–water partition coefficient (Wildman–Crippen LogP) is 4.23. The third-order valence-electron chi connectivity index (χ3n) is 4.26. The van der Waals surface area contributed by atoms with E-state index in [9.17, 15) is 0 Å². The van der Waals surface area contributed by atoms with Crippen LogP contribution in [0, 0.1) is 5.92 Å². The highest BCUT2D eigenvalue weighted by atomic mass is 16.5. The van der Waals surface area contributed by atoms with Gasteiger partial charge in [0, 0.05) is 18.8 Å². The summed E-state index contributed by atoms with van der Waals surface area (Å²) in [7, 11) is 1.70. The number of anilines is 1. The van der Waals surface area contributed by atoms with Crippen LogP contribution >= 0.6 is 0 Å². The maximum atomic E-state index is 5.59. The highest BCUT2D eigenvalue weighted by Crippen LogP contribution is 2.25. The van der Waals surface area contributed by atoms with E-state index >= 15 is 0 Å². The van der Waals surface area contributed by atoms with Crippen molar-refractivity contribution in [3.8, 4) is 0 Å². The molecule has 118 valence electrons. The highest BCUT2D eigenvalue weighted by Gasteiger charge is 2.15. The van der Waals surface area contributed by atoms with E-state index in [4.69, 9.17) is 9.47 Å². The maximum Gasteiger partial charge on any atom is 0.0718 e. The van der Waals surface area contributed by atoms with E-state index in [1.165, 1.54) is 43.4 Å². The van der Waals surface area contributed by atoms with E-state index in [1.54, 1.807) is 7.11 Å². The summed E-state index contributed by atoms with van der Waals surface area (Å²) < 4.78 is 10.6. The van der Waals surface area contributed by atoms with Crippen molar-refractivity contribution in [3.63, 3.8) is 0 Å². The lowest BCUT2D eigenvalue weighted by Gasteiger charge is -2.18. The number of rotatable bonds is 7. The van der Waals surface area contributed by atoms with Gasteiger partial charge in [0.05, 0.1) is 19.8 Å². The monoisotopic (exact) mass is 291 g/mol. The van der Waals surface area contributed by atoms with Crippen LogP contribution in [0.3, 0.4) is 0 Å². The normalized spacial score (nSPS) is 22.8. The van der Waals surface area contributed by atoms with Crippen LogP contribution in [0.1, 0.15) is 44.6 Å². The zero-order valence-corrected chi connectivity index (χ0v) is 13.4. The van der Waals surface area contributed by atoms with E-state index < -0.39 is 0 Å². The molecule has 1 aromatic rings. The molecule has 2 atom stereocenters. The molecule has 2 rings (SSSR count). The predicted molar refractivity (Wildman–Crippen MR) is 87.6 cm³/mol. The van der Waals surface area contributed by atoms with Crippen molar-refractivity contribution < 1.29 is 9.47 Å². The van der Waals surface area contributed by atoms with Crippen LogP contribution in [0.15, 0.2) is 24.3 Å². The van der Waals surface area contributed by atoms with Crippen molar-refractivity contribution in [3.05, 3.63) is 29.8 Å². The summed E-state index contributed by atoms with van der Waals surface area (Å²) in [5.41, 5.74) is 2.44. The second-order valence-corrected chi connectivity index (χ2v) is 6.20. The topological polar surface area (TPSA) is 30.5 Å². The lowest BCUT2D eigenvalue weighted by Crippen LogP contribution is -2.18. The summed E-state index contributed by atoms with van der Waals surface area (Å²) in [4.78, 5) is 0. The third kappa shape index (κ3) is 6.06. The number of hydrogen-bond donors (Lipinski definition) is 1. The molecular weight excluding hydrogens is 262 g/mol. The van der Waals surface area contributed by atoms with Crippen molar-refractivity contribution in [2.75, 3.05) is 25.6 Å². The highest BCUT2D eigenvalue weighted by molar-refractivity contribution is 5.46. The third-order valence-corrected chi connectivity index (χ3v) is 4.26. The molecule has 3 nitrogen and oxygen atoms in total. The Morgan fingerprint density at radius 3 is 2.90 bits per heavy atom. The van der Waals surface area contributed by atoms with Gasteiger partial charge in [-0.3, -0.25) is 0 Å². The van der Waals surface area contributed by atoms with Gasteiger partial charge in [-0.1, -0.05) is 31.9 Å². The lowest BCUT2D eigenvalue weighted by molar-refractivity contribution is 0.0617. The van der Waals surface area contributed by atoms with Crippen LogP contribution in [-0.2, 0) is 16.1 Å². The fourth-order valence-electron chi connectivity index (χ4n) is 2.95. The first-order chi connectivity index (χ1) is 10.3. The first-order valence-electron chi connectivity index (χ1n) is 8.20. The summed E-state index contributed by atoms with van der Waals surface area (Å²) in [6.45, 7) is 4.33.